The van der Waals surface area contributed by atoms with E-state index in [9.17, 15) is 14.7 Å². The number of fused-ring (bicyclic) bond motifs is 4. The second kappa shape index (κ2) is 12.3. The van der Waals surface area contributed by atoms with Crippen molar-refractivity contribution >= 4 is 11.9 Å². The van der Waals surface area contributed by atoms with E-state index in [1.165, 1.54) is 46.1 Å². The van der Waals surface area contributed by atoms with Crippen molar-refractivity contribution in [3.63, 3.8) is 0 Å². The van der Waals surface area contributed by atoms with Gasteiger partial charge >= 0.3 is 11.9 Å². The Morgan fingerprint density at radius 3 is 2.07 bits per heavy atom. The van der Waals surface area contributed by atoms with Crippen LogP contribution in [0, 0.1) is 17.8 Å². The third kappa shape index (κ3) is 5.20. The fourth-order valence-electron chi connectivity index (χ4n) is 7.05. The van der Waals surface area contributed by atoms with Gasteiger partial charge < -0.3 is 38.3 Å². The number of ether oxygens (including phenoxy) is 7. The highest BCUT2D eigenvalue weighted by Crippen LogP contribution is 2.50. The smallest absolute Gasteiger partial charge is 0.338 e. The van der Waals surface area contributed by atoms with Crippen LogP contribution in [0.15, 0.2) is 24.3 Å². The number of esters is 2. The van der Waals surface area contributed by atoms with Gasteiger partial charge in [-0.25, -0.2) is 4.79 Å². The number of benzene rings is 2. The maximum absolute atomic E-state index is 13.3. The molecule has 228 valence electrons. The van der Waals surface area contributed by atoms with Crippen LogP contribution in [-0.4, -0.2) is 89.9 Å². The fraction of sp³-hybridized carbons (Fsp3) is 0.548. The molecule has 1 saturated heterocycles. The summed E-state index contributed by atoms with van der Waals surface area (Å²) in [4.78, 5) is 28.9. The van der Waals surface area contributed by atoms with Crippen LogP contribution >= 0.6 is 0 Å². The summed E-state index contributed by atoms with van der Waals surface area (Å²) in [5.74, 6) is 0.125. The molecule has 0 bridgehead atoms. The Balaban J connectivity index is 1.41. The van der Waals surface area contributed by atoms with E-state index in [1.807, 2.05) is 12.1 Å². The van der Waals surface area contributed by atoms with Crippen LogP contribution in [0.25, 0.3) is 0 Å². The molecule has 11 heteroatoms. The highest BCUT2D eigenvalue weighted by molar-refractivity contribution is 5.91. The van der Waals surface area contributed by atoms with E-state index in [4.69, 9.17) is 33.2 Å². The number of aliphatic hydroxyl groups excluding tert-OH is 1. The minimum absolute atomic E-state index is 0.00758. The van der Waals surface area contributed by atoms with Gasteiger partial charge in [0.1, 0.15) is 12.2 Å². The molecule has 6 unspecified atom stereocenters. The van der Waals surface area contributed by atoms with E-state index >= 15 is 0 Å². The van der Waals surface area contributed by atoms with E-state index in [1.54, 1.807) is 14.2 Å². The zero-order valence-corrected chi connectivity index (χ0v) is 24.9. The van der Waals surface area contributed by atoms with Gasteiger partial charge in [-0.3, -0.25) is 9.69 Å². The number of carbonyl (C=O) groups excluding carboxylic acids is 2. The third-order valence-electron chi connectivity index (χ3n) is 9.06. The van der Waals surface area contributed by atoms with Gasteiger partial charge in [0.2, 0.25) is 5.75 Å². The van der Waals surface area contributed by atoms with E-state index in [-0.39, 0.29) is 23.4 Å². The molecule has 1 N–H and O–H groups in total. The van der Waals surface area contributed by atoms with Gasteiger partial charge in [0.05, 0.1) is 54.1 Å². The van der Waals surface area contributed by atoms with Gasteiger partial charge in [-0.05, 0) is 66.5 Å². The molecule has 2 aliphatic heterocycles. The van der Waals surface area contributed by atoms with E-state index in [0.29, 0.717) is 48.1 Å². The van der Waals surface area contributed by atoms with Crippen molar-refractivity contribution < 1.29 is 47.9 Å². The molecule has 2 fully saturated rings. The molecule has 0 spiro atoms. The van der Waals surface area contributed by atoms with E-state index in [2.05, 4.69) is 4.90 Å². The number of rotatable bonds is 8. The Morgan fingerprint density at radius 1 is 0.833 bits per heavy atom. The average molecular weight is 586 g/mol. The second-order valence-electron chi connectivity index (χ2n) is 11.0. The predicted molar refractivity (Wildman–Crippen MR) is 151 cm³/mol. The summed E-state index contributed by atoms with van der Waals surface area (Å²) in [6.07, 6.45) is -0.217. The molecule has 2 aromatic rings. The summed E-state index contributed by atoms with van der Waals surface area (Å²) >= 11 is 0. The molecule has 42 heavy (non-hydrogen) atoms. The lowest BCUT2D eigenvalue weighted by Gasteiger charge is -2.52. The molecule has 5 rings (SSSR count). The van der Waals surface area contributed by atoms with Crippen molar-refractivity contribution in [2.24, 2.45) is 17.8 Å². The third-order valence-corrected chi connectivity index (χ3v) is 9.06. The number of piperidine rings is 1. The van der Waals surface area contributed by atoms with Gasteiger partial charge in [-0.2, -0.15) is 0 Å². The zero-order valence-electron chi connectivity index (χ0n) is 24.9. The van der Waals surface area contributed by atoms with Gasteiger partial charge in [-0.15, -0.1) is 0 Å². The van der Waals surface area contributed by atoms with Crippen molar-refractivity contribution in [2.75, 3.05) is 55.7 Å². The number of hydrogen-bond acceptors (Lipinski definition) is 11. The average Bonchev–Trinajstić information content (AvgIpc) is 3.02. The number of aliphatic hydroxyl groups is 1. The Kier molecular flexibility index (Phi) is 8.70. The molecule has 11 nitrogen and oxygen atoms in total. The first-order valence-electron chi connectivity index (χ1n) is 14.0. The minimum atomic E-state index is -1.23. The van der Waals surface area contributed by atoms with Crippen LogP contribution in [0.2, 0.25) is 0 Å². The largest absolute Gasteiger partial charge is 0.493 e. The first-order valence-corrected chi connectivity index (χ1v) is 14.0. The van der Waals surface area contributed by atoms with E-state index in [0.717, 1.165) is 18.5 Å². The minimum Gasteiger partial charge on any atom is -0.493 e. The first-order chi connectivity index (χ1) is 20.3. The highest BCUT2D eigenvalue weighted by atomic mass is 16.6. The predicted octanol–water partition coefficient (Wildman–Crippen LogP) is 3.04. The van der Waals surface area contributed by atoms with Crippen LogP contribution in [0.1, 0.15) is 40.4 Å². The van der Waals surface area contributed by atoms with Crippen molar-refractivity contribution in [1.82, 2.24) is 4.90 Å². The molecule has 3 aliphatic rings. The van der Waals surface area contributed by atoms with Gasteiger partial charge in [0, 0.05) is 19.1 Å². The van der Waals surface area contributed by atoms with Gasteiger partial charge in [-0.1, -0.05) is 0 Å². The number of carbonyl (C=O) groups is 2. The molecule has 0 amide bonds. The van der Waals surface area contributed by atoms with Crippen molar-refractivity contribution in [3.05, 3.63) is 41.0 Å². The monoisotopic (exact) mass is 585 g/mol. The fourth-order valence-corrected chi connectivity index (χ4v) is 7.05. The Labute approximate surface area is 245 Å². The van der Waals surface area contributed by atoms with Crippen LogP contribution in [-0.2, 0) is 20.7 Å². The second-order valence-corrected chi connectivity index (χ2v) is 11.0. The molecule has 1 saturated carbocycles. The van der Waals surface area contributed by atoms with Gasteiger partial charge in [0.25, 0.3) is 0 Å². The molecule has 0 radical (unpaired) electrons. The molecule has 0 aromatic heterocycles. The summed E-state index contributed by atoms with van der Waals surface area (Å²) in [6, 6.07) is 7.11. The van der Waals surface area contributed by atoms with E-state index < -0.39 is 30.1 Å². The topological polar surface area (TPSA) is 122 Å². The lowest BCUT2D eigenvalue weighted by Crippen LogP contribution is -2.58. The summed E-state index contributed by atoms with van der Waals surface area (Å²) in [5.41, 5.74) is 2.51. The Bertz CT molecular complexity index is 1300. The molecule has 1 aliphatic carbocycles. The lowest BCUT2D eigenvalue weighted by atomic mass is 9.63. The standard InChI is InChI=1S/C31H39NO10/c1-36-22-9-16-7-8-32-15-18-12-24(42-30(34)17-10-25(38-3)29(40-5)26(11-17)39-4)28(33)27(31(35)41-6)20(18)13-21(32)19(16)14-23(22)37-2/h9-11,14,18,20-21,24,27-28,33H,7-8,12-13,15H2,1-6H3. The number of methoxy groups -OCH3 is 6. The first kappa shape index (κ1) is 29.8. The lowest BCUT2D eigenvalue weighted by molar-refractivity contribution is -0.172. The van der Waals surface area contributed by atoms with Crippen LogP contribution in [0.5, 0.6) is 28.7 Å². The summed E-state index contributed by atoms with van der Waals surface area (Å²) in [7, 11) is 8.95. The maximum Gasteiger partial charge on any atom is 0.338 e. The number of hydrogen-bond donors (Lipinski definition) is 1. The van der Waals surface area contributed by atoms with Crippen molar-refractivity contribution in [1.29, 1.82) is 0 Å². The van der Waals surface area contributed by atoms with Crippen molar-refractivity contribution in [3.8, 4) is 28.7 Å². The summed E-state index contributed by atoms with van der Waals surface area (Å²) in [6.45, 7) is 1.54. The molecule has 2 heterocycles. The zero-order chi connectivity index (χ0) is 30.1. The van der Waals surface area contributed by atoms with Crippen LogP contribution in [0.4, 0.5) is 0 Å². The SMILES string of the molecule is COC(=O)C1C(O)C(OC(=O)c2cc(OC)c(OC)c(OC)c2)CC2CN3CCc4cc(OC)c(OC)cc4C3CC21. The van der Waals surface area contributed by atoms with Crippen molar-refractivity contribution in [2.45, 2.75) is 37.5 Å². The van der Waals surface area contributed by atoms with Crippen LogP contribution < -0.4 is 23.7 Å². The maximum atomic E-state index is 13.3. The quantitative estimate of drug-likeness (QED) is 0.460. The Hall–Kier alpha value is -3.70. The highest BCUT2D eigenvalue weighted by Gasteiger charge is 2.53. The molecule has 6 atom stereocenters. The number of nitrogens with zero attached hydrogens (tertiary/aromatic N) is 1. The van der Waals surface area contributed by atoms with Gasteiger partial charge in [0.15, 0.2) is 23.0 Å². The Morgan fingerprint density at radius 2 is 1.48 bits per heavy atom. The summed E-state index contributed by atoms with van der Waals surface area (Å²) < 4.78 is 38.3. The molecular formula is C31H39NO10. The summed E-state index contributed by atoms with van der Waals surface area (Å²) in [5, 5.41) is 11.5. The molecule has 2 aromatic carbocycles. The molecular weight excluding hydrogens is 546 g/mol. The van der Waals surface area contributed by atoms with Crippen LogP contribution in [0.3, 0.4) is 0 Å². The normalized spacial score (nSPS) is 26.5.